The van der Waals surface area contributed by atoms with E-state index in [1.54, 1.807) is 0 Å². The van der Waals surface area contributed by atoms with Gasteiger partial charge < -0.3 is 14.2 Å². The van der Waals surface area contributed by atoms with Gasteiger partial charge in [0, 0.05) is 19.3 Å². The van der Waals surface area contributed by atoms with Crippen LogP contribution in [0.15, 0.2) is 60.8 Å². The molecule has 81 heavy (non-hydrogen) atoms. The van der Waals surface area contributed by atoms with Crippen LogP contribution in [0.4, 0.5) is 0 Å². The minimum atomic E-state index is -0.779. The highest BCUT2D eigenvalue weighted by Gasteiger charge is 2.19. The van der Waals surface area contributed by atoms with Crippen molar-refractivity contribution in [2.24, 2.45) is 0 Å². The van der Waals surface area contributed by atoms with Crippen molar-refractivity contribution in [3.8, 4) is 0 Å². The molecular formula is C75H136O6. The van der Waals surface area contributed by atoms with Gasteiger partial charge in [-0.1, -0.05) is 332 Å². The molecule has 0 N–H and O–H groups in total. The molecule has 0 aromatic heterocycles. The molecule has 0 heterocycles. The van der Waals surface area contributed by atoms with E-state index >= 15 is 0 Å². The van der Waals surface area contributed by atoms with E-state index in [2.05, 4.69) is 81.5 Å². The van der Waals surface area contributed by atoms with Gasteiger partial charge in [0.05, 0.1) is 0 Å². The van der Waals surface area contributed by atoms with Gasteiger partial charge in [-0.25, -0.2) is 0 Å². The fraction of sp³-hybridized carbons (Fsp3) is 0.827. The molecule has 6 heteroatoms. The predicted octanol–water partition coefficient (Wildman–Crippen LogP) is 24.7. The van der Waals surface area contributed by atoms with E-state index in [1.165, 1.54) is 257 Å². The van der Waals surface area contributed by atoms with E-state index in [1.807, 2.05) is 0 Å². The average Bonchev–Trinajstić information content (AvgIpc) is 3.47. The number of unbranched alkanes of at least 4 members (excludes halogenated alkanes) is 45. The third kappa shape index (κ3) is 67.8. The summed E-state index contributed by atoms with van der Waals surface area (Å²) in [6.07, 6.45) is 89.7. The lowest BCUT2D eigenvalue weighted by molar-refractivity contribution is -0.167. The quantitative estimate of drug-likeness (QED) is 0.0261. The zero-order valence-corrected chi connectivity index (χ0v) is 54.3. The summed E-state index contributed by atoms with van der Waals surface area (Å²) >= 11 is 0. The highest BCUT2D eigenvalue weighted by Crippen LogP contribution is 2.18. The van der Waals surface area contributed by atoms with Crippen molar-refractivity contribution in [3.05, 3.63) is 60.8 Å². The van der Waals surface area contributed by atoms with Crippen molar-refractivity contribution in [2.75, 3.05) is 13.2 Å². The maximum Gasteiger partial charge on any atom is 0.306 e. The standard InChI is InChI=1S/C75H136O6/c1-4-7-10-13-16-19-22-24-26-28-30-32-33-34-35-36-37-38-39-40-41-43-44-46-48-50-53-56-59-62-65-68-74(77)80-71-72(70-79-73(76)67-64-61-58-55-52-21-18-15-12-9-6-3)81-75(78)69-66-63-60-57-54-51-49-47-45-42-31-29-27-25-23-20-17-14-11-8-5-2/h22-25,28-31,45,47,72H,4-21,26-27,32-44,46,48-71H2,1-3H3/b24-22-,25-23-,30-28-,31-29-,47-45-. The molecule has 0 saturated carbocycles. The van der Waals surface area contributed by atoms with Crippen LogP contribution in [0.25, 0.3) is 0 Å². The maximum absolute atomic E-state index is 12.9. The Hall–Kier alpha value is -2.89. The molecule has 6 nitrogen and oxygen atoms in total. The second kappa shape index (κ2) is 69.6. The van der Waals surface area contributed by atoms with Crippen molar-refractivity contribution in [1.29, 1.82) is 0 Å². The van der Waals surface area contributed by atoms with E-state index < -0.39 is 6.10 Å². The van der Waals surface area contributed by atoms with E-state index in [0.717, 1.165) is 83.5 Å². The Kier molecular flexibility index (Phi) is 67.1. The Balaban J connectivity index is 4.16. The summed E-state index contributed by atoms with van der Waals surface area (Å²) in [5.41, 5.74) is 0. The summed E-state index contributed by atoms with van der Waals surface area (Å²) in [6, 6.07) is 0. The van der Waals surface area contributed by atoms with Crippen LogP contribution >= 0.6 is 0 Å². The fourth-order valence-electron chi connectivity index (χ4n) is 10.6. The number of carbonyl (C=O) groups is 3. The molecule has 0 radical (unpaired) electrons. The van der Waals surface area contributed by atoms with Crippen LogP contribution in [0.3, 0.4) is 0 Å². The number of hydrogen-bond acceptors (Lipinski definition) is 6. The zero-order chi connectivity index (χ0) is 58.5. The lowest BCUT2D eigenvalue weighted by Crippen LogP contribution is -2.30. The SMILES string of the molecule is CCCCCCC/C=C\C/C=C\C/C=C\CCCCCCCCC(=O)OC(COC(=O)CCCCCCCCCCCCC)COC(=O)CCCCCCCCCCCCCCCCCCCCC/C=C\C/C=C\CCCCCCC. The average molecular weight is 1130 g/mol. The van der Waals surface area contributed by atoms with Gasteiger partial charge in [-0.3, -0.25) is 14.4 Å². The Labute approximate surface area is 504 Å². The normalized spacial score (nSPS) is 12.4. The molecular weight excluding hydrogens is 997 g/mol. The van der Waals surface area contributed by atoms with Crippen LogP contribution in [0.2, 0.25) is 0 Å². The van der Waals surface area contributed by atoms with Crippen LogP contribution in [0.5, 0.6) is 0 Å². The Morgan fingerprint density at radius 2 is 0.444 bits per heavy atom. The molecule has 0 aromatic carbocycles. The second-order valence-corrected chi connectivity index (χ2v) is 24.1. The second-order valence-electron chi connectivity index (χ2n) is 24.1. The van der Waals surface area contributed by atoms with Gasteiger partial charge in [0.2, 0.25) is 0 Å². The molecule has 0 bridgehead atoms. The molecule has 0 rings (SSSR count). The smallest absolute Gasteiger partial charge is 0.306 e. The Morgan fingerprint density at radius 3 is 0.691 bits per heavy atom. The van der Waals surface area contributed by atoms with Gasteiger partial charge >= 0.3 is 17.9 Å². The summed E-state index contributed by atoms with van der Waals surface area (Å²) < 4.78 is 17.0. The third-order valence-electron chi connectivity index (χ3n) is 16.0. The first kappa shape index (κ1) is 78.1. The van der Waals surface area contributed by atoms with Gasteiger partial charge in [0.1, 0.15) is 13.2 Å². The van der Waals surface area contributed by atoms with E-state index in [-0.39, 0.29) is 31.1 Å². The number of carbonyl (C=O) groups excluding carboxylic acids is 3. The number of hydrogen-bond donors (Lipinski definition) is 0. The molecule has 0 amide bonds. The number of esters is 3. The first-order valence-electron chi connectivity index (χ1n) is 35.8. The first-order chi connectivity index (χ1) is 40.0. The lowest BCUT2D eigenvalue weighted by Gasteiger charge is -2.18. The lowest BCUT2D eigenvalue weighted by atomic mass is 10.0. The van der Waals surface area contributed by atoms with Crippen LogP contribution in [0, 0.1) is 0 Å². The largest absolute Gasteiger partial charge is 0.462 e. The summed E-state index contributed by atoms with van der Waals surface area (Å²) in [4.78, 5) is 38.4. The van der Waals surface area contributed by atoms with Gasteiger partial charge in [-0.15, -0.1) is 0 Å². The van der Waals surface area contributed by atoms with Crippen LogP contribution in [-0.4, -0.2) is 37.2 Å². The summed E-state index contributed by atoms with van der Waals surface area (Å²) in [5.74, 6) is -0.865. The fourth-order valence-corrected chi connectivity index (χ4v) is 10.6. The minimum Gasteiger partial charge on any atom is -0.462 e. The van der Waals surface area contributed by atoms with Gasteiger partial charge in [0.25, 0.3) is 0 Å². The van der Waals surface area contributed by atoms with Crippen molar-refractivity contribution in [1.82, 2.24) is 0 Å². The maximum atomic E-state index is 12.9. The summed E-state index contributed by atoms with van der Waals surface area (Å²) in [7, 11) is 0. The molecule has 0 saturated heterocycles. The monoisotopic (exact) mass is 1130 g/mol. The summed E-state index contributed by atoms with van der Waals surface area (Å²) in [5, 5.41) is 0. The molecule has 0 aliphatic heterocycles. The molecule has 1 unspecified atom stereocenters. The highest BCUT2D eigenvalue weighted by molar-refractivity contribution is 5.71. The van der Waals surface area contributed by atoms with E-state index in [4.69, 9.17) is 14.2 Å². The van der Waals surface area contributed by atoms with E-state index in [9.17, 15) is 14.4 Å². The molecule has 0 spiro atoms. The van der Waals surface area contributed by atoms with Gasteiger partial charge in [-0.2, -0.15) is 0 Å². The molecule has 0 aromatic rings. The topological polar surface area (TPSA) is 78.9 Å². The van der Waals surface area contributed by atoms with Crippen LogP contribution in [-0.2, 0) is 28.6 Å². The molecule has 472 valence electrons. The Morgan fingerprint density at radius 1 is 0.247 bits per heavy atom. The highest BCUT2D eigenvalue weighted by atomic mass is 16.6. The number of rotatable bonds is 66. The Bertz CT molecular complexity index is 1440. The third-order valence-corrected chi connectivity index (χ3v) is 16.0. The van der Waals surface area contributed by atoms with Gasteiger partial charge in [-0.05, 0) is 89.9 Å². The summed E-state index contributed by atoms with van der Waals surface area (Å²) in [6.45, 7) is 6.65. The van der Waals surface area contributed by atoms with Crippen molar-refractivity contribution in [3.63, 3.8) is 0 Å². The number of allylic oxidation sites excluding steroid dienone is 10. The van der Waals surface area contributed by atoms with Crippen molar-refractivity contribution < 1.29 is 28.6 Å². The molecule has 1 atom stereocenters. The minimum absolute atomic E-state index is 0.0749. The molecule has 0 aliphatic rings. The number of ether oxygens (including phenoxy) is 3. The first-order valence-corrected chi connectivity index (χ1v) is 35.8. The molecule has 0 aliphatic carbocycles. The van der Waals surface area contributed by atoms with Crippen LogP contribution in [0.1, 0.15) is 380 Å². The van der Waals surface area contributed by atoms with Gasteiger partial charge in [0.15, 0.2) is 6.10 Å². The zero-order valence-electron chi connectivity index (χ0n) is 54.3. The molecule has 0 fully saturated rings. The van der Waals surface area contributed by atoms with Crippen LogP contribution < -0.4 is 0 Å². The van der Waals surface area contributed by atoms with Crippen molar-refractivity contribution >= 4 is 17.9 Å². The van der Waals surface area contributed by atoms with Crippen molar-refractivity contribution in [2.45, 2.75) is 386 Å². The van der Waals surface area contributed by atoms with E-state index in [0.29, 0.717) is 19.3 Å². The predicted molar refractivity (Wildman–Crippen MR) is 353 cm³/mol.